The maximum Gasteiger partial charge on any atom is 0.335 e. The summed E-state index contributed by atoms with van der Waals surface area (Å²) in [6.45, 7) is 4.34. The Balaban J connectivity index is 1.96. The Bertz CT molecular complexity index is 527. The van der Waals surface area contributed by atoms with Crippen LogP contribution in [0.15, 0.2) is 18.2 Å². The van der Waals surface area contributed by atoms with Crippen molar-refractivity contribution in [3.8, 4) is 0 Å². The highest BCUT2D eigenvalue weighted by atomic mass is 16.5. The lowest BCUT2D eigenvalue weighted by molar-refractivity contribution is -0.133. The van der Waals surface area contributed by atoms with E-state index in [1.807, 2.05) is 13.0 Å². The summed E-state index contributed by atoms with van der Waals surface area (Å²) < 4.78 is 5.34. The largest absolute Gasteiger partial charge is 0.478 e. The molecule has 0 aliphatic carbocycles. The molecule has 0 unspecified atom stereocenters. The third-order valence-corrected chi connectivity index (χ3v) is 3.63. The maximum absolute atomic E-state index is 12.1. The van der Waals surface area contributed by atoms with Gasteiger partial charge in [0.1, 0.15) is 0 Å². The Morgan fingerprint density at radius 2 is 2.10 bits per heavy atom. The van der Waals surface area contributed by atoms with Crippen LogP contribution in [-0.2, 0) is 22.5 Å². The SMILES string of the molecule is CCCOCCC(=O)N1CCc2ccc(C(=O)O)cc2C1. The monoisotopic (exact) mass is 291 g/mol. The summed E-state index contributed by atoms with van der Waals surface area (Å²) in [6.07, 6.45) is 2.11. The predicted molar refractivity (Wildman–Crippen MR) is 78.2 cm³/mol. The van der Waals surface area contributed by atoms with E-state index in [-0.39, 0.29) is 11.5 Å². The highest BCUT2D eigenvalue weighted by Crippen LogP contribution is 2.21. The first-order valence-electron chi connectivity index (χ1n) is 7.32. The minimum Gasteiger partial charge on any atom is -0.478 e. The lowest BCUT2D eigenvalue weighted by Crippen LogP contribution is -2.36. The van der Waals surface area contributed by atoms with E-state index >= 15 is 0 Å². The number of carboxylic acid groups (broad SMARTS) is 1. The average molecular weight is 291 g/mol. The zero-order valence-corrected chi connectivity index (χ0v) is 12.3. The average Bonchev–Trinajstić information content (AvgIpc) is 2.50. The van der Waals surface area contributed by atoms with E-state index in [0.29, 0.717) is 32.7 Å². The van der Waals surface area contributed by atoms with Gasteiger partial charge in [0.15, 0.2) is 0 Å². The second kappa shape index (κ2) is 7.22. The van der Waals surface area contributed by atoms with Crippen LogP contribution in [0.25, 0.3) is 0 Å². The van der Waals surface area contributed by atoms with Crippen LogP contribution in [-0.4, -0.2) is 41.6 Å². The van der Waals surface area contributed by atoms with E-state index in [4.69, 9.17) is 9.84 Å². The third-order valence-electron chi connectivity index (χ3n) is 3.63. The van der Waals surface area contributed by atoms with Crippen molar-refractivity contribution >= 4 is 11.9 Å². The van der Waals surface area contributed by atoms with Gasteiger partial charge in [-0.25, -0.2) is 4.79 Å². The number of aromatic carboxylic acids is 1. The Hall–Kier alpha value is -1.88. The number of nitrogens with zero attached hydrogens (tertiary/aromatic N) is 1. The Morgan fingerprint density at radius 1 is 1.29 bits per heavy atom. The number of benzene rings is 1. The van der Waals surface area contributed by atoms with E-state index in [9.17, 15) is 9.59 Å². The van der Waals surface area contributed by atoms with Gasteiger partial charge in [-0.1, -0.05) is 13.0 Å². The van der Waals surface area contributed by atoms with Crippen molar-refractivity contribution in [2.45, 2.75) is 32.7 Å². The van der Waals surface area contributed by atoms with Crippen LogP contribution in [0, 0.1) is 0 Å². The van der Waals surface area contributed by atoms with E-state index in [0.717, 1.165) is 24.0 Å². The summed E-state index contributed by atoms with van der Waals surface area (Å²) in [5.41, 5.74) is 2.34. The number of carboxylic acids is 1. The smallest absolute Gasteiger partial charge is 0.335 e. The molecule has 0 fully saturated rings. The van der Waals surface area contributed by atoms with Crippen LogP contribution in [0.1, 0.15) is 41.3 Å². The highest BCUT2D eigenvalue weighted by molar-refractivity contribution is 5.88. The van der Waals surface area contributed by atoms with Gasteiger partial charge in [-0.15, -0.1) is 0 Å². The van der Waals surface area contributed by atoms with Gasteiger partial charge in [-0.2, -0.15) is 0 Å². The summed E-state index contributed by atoms with van der Waals surface area (Å²) in [6, 6.07) is 5.15. The van der Waals surface area contributed by atoms with Crippen molar-refractivity contribution < 1.29 is 19.4 Å². The molecule has 114 valence electrons. The first-order valence-corrected chi connectivity index (χ1v) is 7.32. The molecule has 1 amide bonds. The lowest BCUT2D eigenvalue weighted by atomic mass is 9.97. The molecule has 1 aliphatic heterocycles. The minimum atomic E-state index is -0.936. The van der Waals surface area contributed by atoms with E-state index in [1.165, 1.54) is 0 Å². The molecule has 0 radical (unpaired) electrons. The van der Waals surface area contributed by atoms with Crippen molar-refractivity contribution in [2.24, 2.45) is 0 Å². The summed E-state index contributed by atoms with van der Waals surface area (Å²) in [5, 5.41) is 9.03. The van der Waals surface area contributed by atoms with Crippen molar-refractivity contribution in [1.29, 1.82) is 0 Å². The van der Waals surface area contributed by atoms with Crippen molar-refractivity contribution in [2.75, 3.05) is 19.8 Å². The number of fused-ring (bicyclic) bond motifs is 1. The number of carbonyl (C=O) groups is 2. The van der Waals surface area contributed by atoms with E-state index in [1.54, 1.807) is 17.0 Å². The van der Waals surface area contributed by atoms with Crippen molar-refractivity contribution in [3.05, 3.63) is 34.9 Å². The van der Waals surface area contributed by atoms with Crippen LogP contribution >= 0.6 is 0 Å². The number of hydrogen-bond donors (Lipinski definition) is 1. The van der Waals surface area contributed by atoms with E-state index in [2.05, 4.69) is 0 Å². The Morgan fingerprint density at radius 3 is 2.81 bits per heavy atom. The summed E-state index contributed by atoms with van der Waals surface area (Å²) >= 11 is 0. The summed E-state index contributed by atoms with van der Waals surface area (Å²) in [5.74, 6) is -0.869. The van der Waals surface area contributed by atoms with Crippen LogP contribution in [0.4, 0.5) is 0 Å². The van der Waals surface area contributed by atoms with Crippen LogP contribution in [0.5, 0.6) is 0 Å². The van der Waals surface area contributed by atoms with Gasteiger partial charge in [-0.3, -0.25) is 4.79 Å². The standard InChI is InChI=1S/C16H21NO4/c1-2-8-21-9-6-15(18)17-7-5-12-3-4-13(16(19)20)10-14(12)11-17/h3-4,10H,2,5-9,11H2,1H3,(H,19,20). The molecule has 1 aromatic rings. The first-order chi connectivity index (χ1) is 10.1. The Labute approximate surface area is 124 Å². The molecule has 0 saturated heterocycles. The van der Waals surface area contributed by atoms with Crippen LogP contribution in [0.3, 0.4) is 0 Å². The molecular formula is C16H21NO4. The fourth-order valence-electron chi connectivity index (χ4n) is 2.47. The normalized spacial score (nSPS) is 13.9. The molecule has 1 aliphatic rings. The van der Waals surface area contributed by atoms with Crippen molar-refractivity contribution in [1.82, 2.24) is 4.90 Å². The maximum atomic E-state index is 12.1. The first kappa shape index (κ1) is 15.5. The molecule has 0 saturated carbocycles. The molecule has 21 heavy (non-hydrogen) atoms. The molecule has 2 rings (SSSR count). The quantitative estimate of drug-likeness (QED) is 0.815. The molecule has 5 heteroatoms. The molecule has 0 bridgehead atoms. The summed E-state index contributed by atoms with van der Waals surface area (Å²) in [4.78, 5) is 24.9. The topological polar surface area (TPSA) is 66.8 Å². The minimum absolute atomic E-state index is 0.0671. The van der Waals surface area contributed by atoms with Gasteiger partial charge in [0.05, 0.1) is 18.6 Å². The van der Waals surface area contributed by atoms with Crippen LogP contribution < -0.4 is 0 Å². The fourth-order valence-corrected chi connectivity index (χ4v) is 2.47. The van der Waals surface area contributed by atoms with Gasteiger partial charge < -0.3 is 14.7 Å². The number of rotatable bonds is 6. The highest BCUT2D eigenvalue weighted by Gasteiger charge is 2.21. The molecule has 1 heterocycles. The van der Waals surface area contributed by atoms with Gasteiger partial charge in [0, 0.05) is 19.7 Å². The molecule has 0 aromatic heterocycles. The molecule has 0 spiro atoms. The number of amides is 1. The summed E-state index contributed by atoms with van der Waals surface area (Å²) in [7, 11) is 0. The number of carbonyl (C=O) groups excluding carboxylic acids is 1. The van der Waals surface area contributed by atoms with Crippen LogP contribution in [0.2, 0.25) is 0 Å². The lowest BCUT2D eigenvalue weighted by Gasteiger charge is -2.29. The molecule has 1 aromatic carbocycles. The second-order valence-electron chi connectivity index (χ2n) is 5.22. The fraction of sp³-hybridized carbons (Fsp3) is 0.500. The Kier molecular flexibility index (Phi) is 5.33. The van der Waals surface area contributed by atoms with Gasteiger partial charge in [0.25, 0.3) is 0 Å². The zero-order chi connectivity index (χ0) is 15.2. The number of hydrogen-bond acceptors (Lipinski definition) is 3. The predicted octanol–water partition coefficient (Wildman–Crippen LogP) is 2.09. The van der Waals surface area contributed by atoms with Gasteiger partial charge >= 0.3 is 5.97 Å². The second-order valence-corrected chi connectivity index (χ2v) is 5.22. The van der Waals surface area contributed by atoms with Gasteiger partial charge in [-0.05, 0) is 36.1 Å². The van der Waals surface area contributed by atoms with Gasteiger partial charge in [0.2, 0.25) is 5.91 Å². The molecule has 0 atom stereocenters. The third kappa shape index (κ3) is 4.04. The molecule has 1 N–H and O–H groups in total. The zero-order valence-electron chi connectivity index (χ0n) is 12.3. The number of ether oxygens (including phenoxy) is 1. The van der Waals surface area contributed by atoms with E-state index < -0.39 is 5.97 Å². The van der Waals surface area contributed by atoms with Crippen molar-refractivity contribution in [3.63, 3.8) is 0 Å². The molecular weight excluding hydrogens is 270 g/mol. The molecule has 5 nitrogen and oxygen atoms in total.